The minimum absolute atomic E-state index is 0.884. The van der Waals surface area contributed by atoms with E-state index in [0.717, 1.165) is 0 Å². The van der Waals surface area contributed by atoms with Gasteiger partial charge in [0, 0.05) is 0 Å². The zero-order valence-corrected chi connectivity index (χ0v) is 6.55. The van der Waals surface area contributed by atoms with Crippen LogP contribution in [-0.2, 0) is 4.12 Å². The van der Waals surface area contributed by atoms with Gasteiger partial charge in [0.25, 0.3) is 0 Å². The second kappa shape index (κ2) is 3.33. The first-order valence-electron chi connectivity index (χ1n) is 1.84. The van der Waals surface area contributed by atoms with Gasteiger partial charge in [-0.05, 0) is 6.55 Å². The Balaban J connectivity index is 2.96. The molecule has 0 aromatic heterocycles. The summed E-state index contributed by atoms with van der Waals surface area (Å²) in [6.45, 7) is 5.66. The molecular formula is C3H9OSi2. The summed E-state index contributed by atoms with van der Waals surface area (Å²) in [7, 11) is 0.667. The van der Waals surface area contributed by atoms with Crippen molar-refractivity contribution in [2.45, 2.75) is 6.55 Å². The standard InChI is InChI=1S/C3H9OSi2/c1-3-6(2)4-5/h3,6H,1,5H2,2H3. The maximum atomic E-state index is 4.95. The molecule has 0 aromatic carbocycles. The molecule has 0 rings (SSSR count). The molecule has 35 valence electrons. The normalized spacial score (nSPS) is 13.7. The lowest BCUT2D eigenvalue weighted by Crippen LogP contribution is -2.05. The predicted octanol–water partition coefficient (Wildman–Crippen LogP) is -0.370. The highest BCUT2D eigenvalue weighted by atomic mass is 28.3. The monoisotopic (exact) mass is 117 g/mol. The van der Waals surface area contributed by atoms with Gasteiger partial charge in [-0.1, -0.05) is 5.70 Å². The highest BCUT2D eigenvalue weighted by Gasteiger charge is 1.87. The predicted molar refractivity (Wildman–Crippen MR) is 32.8 cm³/mol. The highest BCUT2D eigenvalue weighted by molar-refractivity contribution is 6.59. The van der Waals surface area contributed by atoms with Crippen molar-refractivity contribution < 1.29 is 4.12 Å². The highest BCUT2D eigenvalue weighted by Crippen LogP contribution is 1.77. The molecular weight excluding hydrogens is 108 g/mol. The van der Waals surface area contributed by atoms with E-state index in [1.165, 1.54) is 0 Å². The first-order valence-corrected chi connectivity index (χ1v) is 4.71. The van der Waals surface area contributed by atoms with E-state index in [4.69, 9.17) is 4.12 Å². The van der Waals surface area contributed by atoms with Crippen LogP contribution in [0, 0.1) is 0 Å². The fraction of sp³-hybridized carbons (Fsp3) is 0.333. The quantitative estimate of drug-likeness (QED) is 0.448. The smallest absolute Gasteiger partial charge is 0.183 e. The van der Waals surface area contributed by atoms with E-state index >= 15 is 0 Å². The lowest BCUT2D eigenvalue weighted by atomic mass is 11.3. The van der Waals surface area contributed by atoms with E-state index in [0.29, 0.717) is 0 Å². The third-order valence-corrected chi connectivity index (χ3v) is 3.36. The minimum atomic E-state index is -0.884. The first-order chi connectivity index (χ1) is 2.81. The largest absolute Gasteiger partial charge is 0.460 e. The molecule has 6 heavy (non-hydrogen) atoms. The molecule has 0 N–H and O–H groups in total. The van der Waals surface area contributed by atoms with Crippen molar-refractivity contribution in [3.05, 3.63) is 12.3 Å². The molecule has 0 bridgehead atoms. The van der Waals surface area contributed by atoms with Gasteiger partial charge in [-0.3, -0.25) is 0 Å². The van der Waals surface area contributed by atoms with Crippen LogP contribution >= 0.6 is 0 Å². The number of hydrogen-bond acceptors (Lipinski definition) is 1. The van der Waals surface area contributed by atoms with Gasteiger partial charge in [-0.2, -0.15) is 0 Å². The molecule has 0 aromatic rings. The van der Waals surface area contributed by atoms with Gasteiger partial charge >= 0.3 is 0 Å². The van der Waals surface area contributed by atoms with Crippen molar-refractivity contribution in [3.8, 4) is 0 Å². The topological polar surface area (TPSA) is 9.23 Å². The van der Waals surface area contributed by atoms with Gasteiger partial charge in [0.15, 0.2) is 19.5 Å². The summed E-state index contributed by atoms with van der Waals surface area (Å²) in [4.78, 5) is 0. The molecule has 1 nitrogen and oxygen atoms in total. The van der Waals surface area contributed by atoms with Gasteiger partial charge in [0.05, 0.1) is 0 Å². The van der Waals surface area contributed by atoms with E-state index in [1.54, 1.807) is 10.5 Å². The maximum Gasteiger partial charge on any atom is 0.183 e. The van der Waals surface area contributed by atoms with Crippen LogP contribution in [0.2, 0.25) is 6.55 Å². The van der Waals surface area contributed by atoms with Crippen molar-refractivity contribution in [3.63, 3.8) is 0 Å². The van der Waals surface area contributed by atoms with Gasteiger partial charge in [0.2, 0.25) is 0 Å². The molecule has 3 heteroatoms. The molecule has 0 spiro atoms. The third-order valence-electron chi connectivity index (χ3n) is 0.595. The van der Waals surface area contributed by atoms with Crippen molar-refractivity contribution >= 4 is 19.5 Å². The van der Waals surface area contributed by atoms with Crippen LogP contribution in [0.3, 0.4) is 0 Å². The second-order valence-corrected chi connectivity index (χ2v) is 4.32. The van der Waals surface area contributed by atoms with Gasteiger partial charge in [-0.25, -0.2) is 0 Å². The fourth-order valence-electron chi connectivity index (χ4n) is 0.0680. The average molecular weight is 117 g/mol. The van der Waals surface area contributed by atoms with Gasteiger partial charge in [-0.15, -0.1) is 6.58 Å². The lowest BCUT2D eigenvalue weighted by molar-refractivity contribution is 0.653. The summed E-state index contributed by atoms with van der Waals surface area (Å²) in [6.07, 6.45) is 0. The number of hydrogen-bond donors (Lipinski definition) is 0. The Hall–Kier alpha value is 0.134. The zero-order valence-electron chi connectivity index (χ0n) is 3.98. The van der Waals surface area contributed by atoms with E-state index in [9.17, 15) is 0 Å². The van der Waals surface area contributed by atoms with Crippen LogP contribution < -0.4 is 0 Å². The summed E-state index contributed by atoms with van der Waals surface area (Å²) >= 11 is 0. The summed E-state index contributed by atoms with van der Waals surface area (Å²) in [5, 5.41) is 0. The SMILES string of the molecule is C=C[SiH](C)O[SiH2]. The van der Waals surface area contributed by atoms with Crippen LogP contribution in [0.1, 0.15) is 0 Å². The molecule has 0 aliphatic rings. The average Bonchev–Trinajstić information content (AvgIpc) is 1.65. The first kappa shape index (κ1) is 6.13. The fourth-order valence-corrected chi connectivity index (χ4v) is 0.612. The Morgan fingerprint density at radius 3 is 2.50 bits per heavy atom. The van der Waals surface area contributed by atoms with Crippen LogP contribution in [-0.4, -0.2) is 19.5 Å². The summed E-state index contributed by atoms with van der Waals surface area (Å²) in [6, 6.07) is 0. The molecule has 1 radical (unpaired) electrons. The molecule has 0 saturated heterocycles. The van der Waals surface area contributed by atoms with E-state index in [-0.39, 0.29) is 0 Å². The molecule has 1 atom stereocenters. The van der Waals surface area contributed by atoms with E-state index in [1.807, 2.05) is 5.70 Å². The van der Waals surface area contributed by atoms with Crippen molar-refractivity contribution in [2.75, 3.05) is 0 Å². The number of rotatable bonds is 2. The molecule has 0 fully saturated rings. The van der Waals surface area contributed by atoms with Crippen LogP contribution in [0.4, 0.5) is 0 Å². The summed E-state index contributed by atoms with van der Waals surface area (Å²) in [5.41, 5.74) is 1.90. The molecule has 1 unspecified atom stereocenters. The minimum Gasteiger partial charge on any atom is -0.460 e. The van der Waals surface area contributed by atoms with Gasteiger partial charge < -0.3 is 4.12 Å². The van der Waals surface area contributed by atoms with Crippen molar-refractivity contribution in [1.82, 2.24) is 0 Å². The molecule has 0 aliphatic heterocycles. The maximum absolute atomic E-state index is 4.95. The van der Waals surface area contributed by atoms with E-state index < -0.39 is 9.04 Å². The van der Waals surface area contributed by atoms with Crippen LogP contribution in [0.25, 0.3) is 0 Å². The Bertz CT molecular complexity index is 46.1. The summed E-state index contributed by atoms with van der Waals surface area (Å²) < 4.78 is 4.95. The van der Waals surface area contributed by atoms with Crippen LogP contribution in [0.15, 0.2) is 12.3 Å². The zero-order chi connectivity index (χ0) is 4.99. The van der Waals surface area contributed by atoms with Crippen LogP contribution in [0.5, 0.6) is 0 Å². The van der Waals surface area contributed by atoms with E-state index in [2.05, 4.69) is 13.1 Å². The van der Waals surface area contributed by atoms with Crippen molar-refractivity contribution in [2.24, 2.45) is 0 Å². The Morgan fingerprint density at radius 2 is 2.50 bits per heavy atom. The van der Waals surface area contributed by atoms with Crippen molar-refractivity contribution in [1.29, 1.82) is 0 Å². The third kappa shape index (κ3) is 2.38. The Kier molecular flexibility index (Phi) is 3.40. The lowest BCUT2D eigenvalue weighted by Gasteiger charge is -1.95. The molecule has 0 aliphatic carbocycles. The van der Waals surface area contributed by atoms with Gasteiger partial charge in [0.1, 0.15) is 0 Å². The Morgan fingerprint density at radius 1 is 2.00 bits per heavy atom. The molecule has 0 heterocycles. The summed E-state index contributed by atoms with van der Waals surface area (Å²) in [5.74, 6) is 0. The Labute approximate surface area is 43.3 Å². The molecule has 0 amide bonds. The molecule has 0 saturated carbocycles. The second-order valence-electron chi connectivity index (χ2n) is 1.11.